The highest BCUT2D eigenvalue weighted by atomic mass is 35.5. The van der Waals surface area contributed by atoms with Gasteiger partial charge in [-0.05, 0) is 40.6 Å². The van der Waals surface area contributed by atoms with Gasteiger partial charge in [-0.3, -0.25) is 5.43 Å². The number of halogens is 2. The number of phenolic OH excluding ortho intramolecular Hbond substituents is 2. The Morgan fingerprint density at radius 3 is 2.52 bits per heavy atom. The molecule has 0 saturated heterocycles. The average molecular weight is 416 g/mol. The topological polar surface area (TPSA) is 142 Å². The molecule has 0 atom stereocenters. The molecular formula is C17H11ClFN7O3. The zero-order valence-electron chi connectivity index (χ0n) is 14.3. The smallest absolute Gasteiger partial charge is 0.245 e. The van der Waals surface area contributed by atoms with Crippen LogP contribution in [0, 0.1) is 5.82 Å². The predicted octanol–water partition coefficient (Wildman–Crippen LogP) is 3.41. The van der Waals surface area contributed by atoms with Crippen molar-refractivity contribution < 1.29 is 19.2 Å². The van der Waals surface area contributed by atoms with Crippen LogP contribution in [0.4, 0.5) is 21.7 Å². The number of benzene rings is 2. The molecule has 0 amide bonds. The normalized spacial score (nSPS) is 11.2. The van der Waals surface area contributed by atoms with Crippen molar-refractivity contribution in [3.8, 4) is 11.5 Å². The first-order chi connectivity index (χ1) is 14.0. The molecule has 10 nitrogen and oxygen atoms in total. The van der Waals surface area contributed by atoms with Crippen molar-refractivity contribution >= 4 is 46.4 Å². The zero-order valence-corrected chi connectivity index (χ0v) is 15.1. The summed E-state index contributed by atoms with van der Waals surface area (Å²) in [5.41, 5.74) is 3.76. The van der Waals surface area contributed by atoms with Gasteiger partial charge in [-0.1, -0.05) is 11.6 Å². The number of rotatable bonds is 5. The Kier molecular flexibility index (Phi) is 4.79. The maximum atomic E-state index is 13.4. The second kappa shape index (κ2) is 7.56. The molecule has 4 N–H and O–H groups in total. The monoisotopic (exact) mass is 415 g/mol. The van der Waals surface area contributed by atoms with E-state index in [-0.39, 0.29) is 39.5 Å². The number of phenols is 2. The van der Waals surface area contributed by atoms with Gasteiger partial charge in [0.15, 0.2) is 11.6 Å². The fourth-order valence-electron chi connectivity index (χ4n) is 2.32. The van der Waals surface area contributed by atoms with Crippen molar-refractivity contribution in [3.63, 3.8) is 0 Å². The third kappa shape index (κ3) is 3.99. The maximum Gasteiger partial charge on any atom is 0.245 e. The highest BCUT2D eigenvalue weighted by Gasteiger charge is 2.13. The van der Waals surface area contributed by atoms with E-state index in [0.717, 1.165) is 0 Å². The number of hydrogen-bond acceptors (Lipinski definition) is 10. The van der Waals surface area contributed by atoms with Gasteiger partial charge in [0.05, 0.1) is 11.2 Å². The van der Waals surface area contributed by atoms with Crippen molar-refractivity contribution in [3.05, 3.63) is 52.8 Å². The summed E-state index contributed by atoms with van der Waals surface area (Å²) in [6.07, 6.45) is 1.32. The fourth-order valence-corrected chi connectivity index (χ4v) is 2.50. The molecule has 12 heteroatoms. The van der Waals surface area contributed by atoms with Crippen LogP contribution in [-0.4, -0.2) is 36.7 Å². The van der Waals surface area contributed by atoms with Gasteiger partial charge in [-0.15, -0.1) is 0 Å². The molecule has 2 aromatic carbocycles. The summed E-state index contributed by atoms with van der Waals surface area (Å²) in [5.74, 6) is -0.439. The number of hydrazone groups is 1. The van der Waals surface area contributed by atoms with Crippen LogP contribution in [0.5, 0.6) is 11.5 Å². The van der Waals surface area contributed by atoms with Gasteiger partial charge < -0.3 is 15.5 Å². The highest BCUT2D eigenvalue weighted by Crippen LogP contribution is 2.27. The number of aromatic nitrogens is 4. The third-order valence-corrected chi connectivity index (χ3v) is 3.97. The first kappa shape index (κ1) is 18.4. The fraction of sp³-hybridized carbons (Fsp3) is 0. The highest BCUT2D eigenvalue weighted by molar-refractivity contribution is 6.31. The molecule has 29 heavy (non-hydrogen) atoms. The van der Waals surface area contributed by atoms with E-state index in [0.29, 0.717) is 11.3 Å². The van der Waals surface area contributed by atoms with Crippen LogP contribution in [0.1, 0.15) is 5.56 Å². The third-order valence-electron chi connectivity index (χ3n) is 3.68. The summed E-state index contributed by atoms with van der Waals surface area (Å²) in [7, 11) is 0. The Bertz CT molecular complexity index is 1230. The molecule has 0 bridgehead atoms. The first-order valence-corrected chi connectivity index (χ1v) is 8.41. The quantitative estimate of drug-likeness (QED) is 0.285. The van der Waals surface area contributed by atoms with Crippen molar-refractivity contribution in [1.29, 1.82) is 0 Å². The number of nitrogens with one attached hydrogen (secondary N) is 2. The standard InChI is InChI=1S/C17H11ClFN7O3/c18-11-5-9(2-4-12(11)19)21-14-15(23-17-16(22-14)25-29-26-17)24-20-7-8-1-3-10(27)6-13(8)28/h1-7,27-28H,(H,21,22,25)(H,23,24,26). The van der Waals surface area contributed by atoms with E-state index in [1.54, 1.807) is 0 Å². The van der Waals surface area contributed by atoms with Crippen LogP contribution >= 0.6 is 11.6 Å². The molecule has 0 fully saturated rings. The van der Waals surface area contributed by atoms with Crippen LogP contribution < -0.4 is 10.7 Å². The van der Waals surface area contributed by atoms with Gasteiger partial charge in [0, 0.05) is 17.3 Å². The Hall–Kier alpha value is -3.99. The van der Waals surface area contributed by atoms with Crippen LogP contribution in [-0.2, 0) is 0 Å². The van der Waals surface area contributed by atoms with Crippen LogP contribution in [0.3, 0.4) is 0 Å². The molecule has 2 heterocycles. The summed E-state index contributed by atoms with van der Waals surface area (Å²) >= 11 is 5.81. The Balaban J connectivity index is 1.64. The largest absolute Gasteiger partial charge is 0.508 e. The molecule has 4 aromatic rings. The summed E-state index contributed by atoms with van der Waals surface area (Å²) < 4.78 is 18.0. The predicted molar refractivity (Wildman–Crippen MR) is 103 cm³/mol. The number of anilines is 3. The number of hydrogen-bond donors (Lipinski definition) is 4. The van der Waals surface area contributed by atoms with E-state index in [2.05, 4.69) is 40.8 Å². The minimum absolute atomic E-state index is 0.0672. The first-order valence-electron chi connectivity index (χ1n) is 8.03. The second-order valence-corrected chi connectivity index (χ2v) is 6.11. The van der Waals surface area contributed by atoms with Crippen molar-refractivity contribution in [2.24, 2.45) is 5.10 Å². The molecule has 0 unspecified atom stereocenters. The summed E-state index contributed by atoms with van der Waals surface area (Å²) in [6.45, 7) is 0. The van der Waals surface area contributed by atoms with E-state index in [9.17, 15) is 14.6 Å². The minimum Gasteiger partial charge on any atom is -0.508 e. The lowest BCUT2D eigenvalue weighted by Crippen LogP contribution is -2.03. The molecule has 2 aromatic heterocycles. The summed E-state index contributed by atoms with van der Waals surface area (Å²) in [4.78, 5) is 8.45. The van der Waals surface area contributed by atoms with Crippen LogP contribution in [0.25, 0.3) is 11.3 Å². The van der Waals surface area contributed by atoms with E-state index in [1.165, 1.54) is 42.6 Å². The second-order valence-electron chi connectivity index (χ2n) is 5.70. The van der Waals surface area contributed by atoms with Gasteiger partial charge in [-0.2, -0.15) is 10.1 Å². The van der Waals surface area contributed by atoms with Gasteiger partial charge in [-0.25, -0.2) is 14.0 Å². The molecule has 0 aliphatic heterocycles. The molecule has 0 saturated carbocycles. The Labute approximate surface area is 166 Å². The minimum atomic E-state index is -0.559. The SMILES string of the molecule is Oc1ccc(C=NNc2nc3nonc3nc2Nc2ccc(F)c(Cl)c2)c(O)c1. The Morgan fingerprint density at radius 1 is 1.03 bits per heavy atom. The van der Waals surface area contributed by atoms with Crippen molar-refractivity contribution in [2.75, 3.05) is 10.7 Å². The van der Waals surface area contributed by atoms with Crippen LogP contribution in [0.2, 0.25) is 5.02 Å². The molecule has 0 aliphatic carbocycles. The lowest BCUT2D eigenvalue weighted by atomic mass is 10.2. The van der Waals surface area contributed by atoms with Gasteiger partial charge in [0.1, 0.15) is 17.3 Å². The number of aromatic hydroxyl groups is 2. The van der Waals surface area contributed by atoms with Crippen molar-refractivity contribution in [1.82, 2.24) is 20.3 Å². The molecule has 0 spiro atoms. The molecular weight excluding hydrogens is 405 g/mol. The van der Waals surface area contributed by atoms with Crippen LogP contribution in [0.15, 0.2) is 46.1 Å². The van der Waals surface area contributed by atoms with E-state index in [4.69, 9.17) is 11.6 Å². The molecule has 0 radical (unpaired) electrons. The summed E-state index contributed by atoms with van der Waals surface area (Å²) in [5, 5.41) is 33.3. The Morgan fingerprint density at radius 2 is 1.79 bits per heavy atom. The van der Waals surface area contributed by atoms with E-state index >= 15 is 0 Å². The summed E-state index contributed by atoms with van der Waals surface area (Å²) in [6, 6.07) is 8.11. The lowest BCUT2D eigenvalue weighted by Gasteiger charge is -2.09. The zero-order chi connectivity index (χ0) is 20.4. The van der Waals surface area contributed by atoms with Gasteiger partial charge in [0.25, 0.3) is 0 Å². The molecule has 146 valence electrons. The molecule has 4 rings (SSSR count). The van der Waals surface area contributed by atoms with Gasteiger partial charge in [0.2, 0.25) is 11.3 Å². The van der Waals surface area contributed by atoms with E-state index < -0.39 is 5.82 Å². The number of nitrogens with zero attached hydrogens (tertiary/aromatic N) is 5. The van der Waals surface area contributed by atoms with E-state index in [1.807, 2.05) is 0 Å². The maximum absolute atomic E-state index is 13.4. The molecule has 0 aliphatic rings. The average Bonchev–Trinajstić information content (AvgIpc) is 3.14. The van der Waals surface area contributed by atoms with Crippen molar-refractivity contribution in [2.45, 2.75) is 0 Å². The lowest BCUT2D eigenvalue weighted by molar-refractivity contribution is 0.314. The van der Waals surface area contributed by atoms with Gasteiger partial charge >= 0.3 is 0 Å². The number of fused-ring (bicyclic) bond motifs is 1.